The molecule has 3 N–H and O–H groups in total. The molecule has 1 aromatic heterocycles. The lowest BCUT2D eigenvalue weighted by molar-refractivity contribution is -0.192. The molecule has 0 aromatic carbocycles. The lowest BCUT2D eigenvalue weighted by Gasteiger charge is -2.39. The fourth-order valence-corrected chi connectivity index (χ4v) is 3.96. The van der Waals surface area contributed by atoms with Gasteiger partial charge >= 0.3 is 0 Å². The monoisotopic (exact) mass is 389 g/mol. The first kappa shape index (κ1) is 21.6. The van der Waals surface area contributed by atoms with Crippen molar-refractivity contribution in [3.63, 3.8) is 0 Å². The summed E-state index contributed by atoms with van der Waals surface area (Å²) in [5, 5.41) is 37.4. The Bertz CT molecular complexity index is 518. The molecular formula is C17H31N3O5S. The van der Waals surface area contributed by atoms with Gasteiger partial charge in [-0.25, -0.2) is 0 Å². The van der Waals surface area contributed by atoms with Crippen LogP contribution in [0.3, 0.4) is 0 Å². The molecule has 1 aliphatic rings. The van der Waals surface area contributed by atoms with Crippen LogP contribution in [0, 0.1) is 0 Å². The van der Waals surface area contributed by atoms with Gasteiger partial charge < -0.3 is 24.8 Å². The number of hydrogen-bond donors (Lipinski definition) is 3. The van der Waals surface area contributed by atoms with Crippen molar-refractivity contribution >= 4 is 11.8 Å². The van der Waals surface area contributed by atoms with Gasteiger partial charge in [0.1, 0.15) is 29.4 Å². The standard InChI is InChI=1S/C17H31N3O5S/c1-3-20-10-13(18-19-20)11-24-8-6-4-5-7-9-26-17-16(23)15(22)14(21)12(2)25-17/h10,12,14-17,21-23H,3-9,11H2,1-2H3/t12?,14-,15?,16?,17+/m1/s1. The van der Waals surface area contributed by atoms with Gasteiger partial charge in [-0.2, -0.15) is 0 Å². The lowest BCUT2D eigenvalue weighted by atomic mass is 10.0. The largest absolute Gasteiger partial charge is 0.388 e. The second-order valence-electron chi connectivity index (χ2n) is 6.58. The van der Waals surface area contributed by atoms with Crippen molar-refractivity contribution in [3.05, 3.63) is 11.9 Å². The summed E-state index contributed by atoms with van der Waals surface area (Å²) in [6.45, 7) is 5.74. The summed E-state index contributed by atoms with van der Waals surface area (Å²) < 4.78 is 12.9. The number of aliphatic hydroxyl groups is 3. The molecule has 0 bridgehead atoms. The zero-order valence-corrected chi connectivity index (χ0v) is 16.3. The quantitative estimate of drug-likeness (QED) is 0.480. The molecule has 9 heteroatoms. The summed E-state index contributed by atoms with van der Waals surface area (Å²) in [5.74, 6) is 0.845. The Morgan fingerprint density at radius 3 is 2.65 bits per heavy atom. The molecule has 2 rings (SSSR count). The van der Waals surface area contributed by atoms with E-state index >= 15 is 0 Å². The third-order valence-corrected chi connectivity index (χ3v) is 5.68. The lowest BCUT2D eigenvalue weighted by Crippen LogP contribution is -2.55. The molecule has 1 fully saturated rings. The van der Waals surface area contributed by atoms with Crippen LogP contribution >= 0.6 is 11.8 Å². The van der Waals surface area contributed by atoms with E-state index in [1.165, 1.54) is 11.8 Å². The Kier molecular flexibility index (Phi) is 9.30. The Morgan fingerprint density at radius 1 is 1.15 bits per heavy atom. The van der Waals surface area contributed by atoms with Crippen LogP contribution in [0.4, 0.5) is 0 Å². The first-order chi connectivity index (χ1) is 12.5. The highest BCUT2D eigenvalue weighted by atomic mass is 32.2. The normalized spacial score (nSPS) is 29.2. The molecule has 1 saturated heterocycles. The van der Waals surface area contributed by atoms with E-state index in [1.807, 2.05) is 13.1 Å². The number of unbranched alkanes of at least 4 members (excludes halogenated alkanes) is 3. The zero-order valence-electron chi connectivity index (χ0n) is 15.5. The van der Waals surface area contributed by atoms with Crippen LogP contribution in [0.25, 0.3) is 0 Å². The smallest absolute Gasteiger partial charge is 0.132 e. The third-order valence-electron chi connectivity index (χ3n) is 4.43. The van der Waals surface area contributed by atoms with Crippen LogP contribution in [-0.4, -0.2) is 72.5 Å². The fraction of sp³-hybridized carbons (Fsp3) is 0.882. The predicted molar refractivity (Wildman–Crippen MR) is 98.6 cm³/mol. The van der Waals surface area contributed by atoms with Gasteiger partial charge in [0, 0.05) is 13.2 Å². The molecule has 5 atom stereocenters. The van der Waals surface area contributed by atoms with E-state index in [1.54, 1.807) is 11.6 Å². The van der Waals surface area contributed by atoms with Gasteiger partial charge in [0.05, 0.1) is 18.9 Å². The number of rotatable bonds is 11. The van der Waals surface area contributed by atoms with Gasteiger partial charge in [-0.05, 0) is 32.4 Å². The number of aryl methyl sites for hydroxylation is 1. The van der Waals surface area contributed by atoms with Crippen molar-refractivity contribution < 1.29 is 24.8 Å². The molecular weight excluding hydrogens is 358 g/mol. The van der Waals surface area contributed by atoms with Crippen LogP contribution in [-0.2, 0) is 22.6 Å². The van der Waals surface area contributed by atoms with Crippen LogP contribution in [0.2, 0.25) is 0 Å². The Balaban J connectivity index is 1.47. The summed E-state index contributed by atoms with van der Waals surface area (Å²) in [6.07, 6.45) is 2.36. The van der Waals surface area contributed by atoms with Gasteiger partial charge in [-0.1, -0.05) is 18.1 Å². The van der Waals surface area contributed by atoms with Crippen LogP contribution < -0.4 is 0 Å². The Morgan fingerprint density at radius 2 is 1.92 bits per heavy atom. The summed E-state index contributed by atoms with van der Waals surface area (Å²) in [4.78, 5) is 0. The van der Waals surface area contributed by atoms with Gasteiger partial charge in [-0.15, -0.1) is 16.9 Å². The first-order valence-electron chi connectivity index (χ1n) is 9.31. The minimum Gasteiger partial charge on any atom is -0.388 e. The van der Waals surface area contributed by atoms with E-state index in [4.69, 9.17) is 9.47 Å². The van der Waals surface area contributed by atoms with E-state index < -0.39 is 29.9 Å². The van der Waals surface area contributed by atoms with E-state index in [9.17, 15) is 15.3 Å². The number of ether oxygens (including phenoxy) is 2. The zero-order chi connectivity index (χ0) is 18.9. The Labute approximate surface area is 158 Å². The van der Waals surface area contributed by atoms with Crippen molar-refractivity contribution in [3.8, 4) is 0 Å². The maximum Gasteiger partial charge on any atom is 0.132 e. The second-order valence-corrected chi connectivity index (χ2v) is 7.79. The highest BCUT2D eigenvalue weighted by Crippen LogP contribution is 2.29. The average Bonchev–Trinajstić information content (AvgIpc) is 3.10. The number of thioether (sulfide) groups is 1. The van der Waals surface area contributed by atoms with Crippen LogP contribution in [0.15, 0.2) is 6.20 Å². The maximum absolute atomic E-state index is 9.95. The van der Waals surface area contributed by atoms with E-state index in [0.29, 0.717) is 13.2 Å². The number of aromatic nitrogens is 3. The van der Waals surface area contributed by atoms with Gasteiger partial charge in [0.25, 0.3) is 0 Å². The predicted octanol–water partition coefficient (Wildman–Crippen LogP) is 0.936. The number of hydrogen-bond acceptors (Lipinski definition) is 8. The average molecular weight is 390 g/mol. The molecule has 2 heterocycles. The minimum absolute atomic E-state index is 0.470. The van der Waals surface area contributed by atoms with E-state index in [-0.39, 0.29) is 0 Å². The van der Waals surface area contributed by atoms with Crippen LogP contribution in [0.5, 0.6) is 0 Å². The molecule has 8 nitrogen and oxygen atoms in total. The molecule has 0 saturated carbocycles. The molecule has 26 heavy (non-hydrogen) atoms. The summed E-state index contributed by atoms with van der Waals surface area (Å²) in [7, 11) is 0. The van der Waals surface area contributed by atoms with E-state index in [2.05, 4.69) is 10.3 Å². The highest BCUT2D eigenvalue weighted by molar-refractivity contribution is 7.99. The summed E-state index contributed by atoms with van der Waals surface area (Å²) >= 11 is 1.49. The first-order valence-corrected chi connectivity index (χ1v) is 10.4. The SMILES string of the molecule is CCn1cc(COCCCCCCS[C@@H]2OC(C)[C@@H](O)C(O)C2O)nn1. The molecule has 0 aliphatic carbocycles. The van der Waals surface area contributed by atoms with Crippen molar-refractivity contribution in [2.75, 3.05) is 12.4 Å². The summed E-state index contributed by atoms with van der Waals surface area (Å²) in [5.41, 5.74) is 0.374. The van der Waals surface area contributed by atoms with Gasteiger partial charge in [0.15, 0.2) is 0 Å². The molecule has 1 aromatic rings. The van der Waals surface area contributed by atoms with Gasteiger partial charge in [-0.3, -0.25) is 4.68 Å². The minimum atomic E-state index is -1.15. The molecule has 1 aliphatic heterocycles. The van der Waals surface area contributed by atoms with Crippen molar-refractivity contribution in [1.82, 2.24) is 15.0 Å². The third kappa shape index (κ3) is 6.47. The van der Waals surface area contributed by atoms with Crippen LogP contribution in [0.1, 0.15) is 45.2 Å². The van der Waals surface area contributed by atoms with Crippen molar-refractivity contribution in [2.45, 2.75) is 82.5 Å². The Hall–Kier alpha value is -0.710. The highest BCUT2D eigenvalue weighted by Gasteiger charge is 2.41. The van der Waals surface area contributed by atoms with E-state index in [0.717, 1.165) is 43.7 Å². The molecule has 0 spiro atoms. The van der Waals surface area contributed by atoms with Crippen molar-refractivity contribution in [1.29, 1.82) is 0 Å². The van der Waals surface area contributed by atoms with Crippen molar-refractivity contribution in [2.24, 2.45) is 0 Å². The second kappa shape index (κ2) is 11.2. The topological polar surface area (TPSA) is 110 Å². The van der Waals surface area contributed by atoms with Gasteiger partial charge in [0.2, 0.25) is 0 Å². The molecule has 0 amide bonds. The summed E-state index contributed by atoms with van der Waals surface area (Å²) in [6, 6.07) is 0. The molecule has 3 unspecified atom stereocenters. The fourth-order valence-electron chi connectivity index (χ4n) is 2.75. The maximum atomic E-state index is 9.95. The number of aliphatic hydroxyl groups excluding tert-OH is 3. The molecule has 150 valence electrons. The number of nitrogens with zero attached hydrogens (tertiary/aromatic N) is 3. The molecule has 0 radical (unpaired) electrons.